The highest BCUT2D eigenvalue weighted by atomic mass is 16.5. The van der Waals surface area contributed by atoms with E-state index in [1.807, 2.05) is 65.3 Å². The molecule has 10 heteroatoms. The van der Waals surface area contributed by atoms with E-state index in [2.05, 4.69) is 4.90 Å². The molecule has 10 nitrogen and oxygen atoms in total. The summed E-state index contributed by atoms with van der Waals surface area (Å²) in [5.74, 6) is 2.40. The largest absolute Gasteiger partial charge is 0.497 e. The molecule has 0 radical (unpaired) electrons. The van der Waals surface area contributed by atoms with Crippen molar-refractivity contribution < 1.29 is 19.4 Å². The van der Waals surface area contributed by atoms with Crippen LogP contribution in [0.1, 0.15) is 0 Å². The number of anilines is 1. The van der Waals surface area contributed by atoms with Gasteiger partial charge in [0.15, 0.2) is 11.5 Å². The second kappa shape index (κ2) is 8.73. The topological polar surface area (TPSA) is 93.8 Å². The molecular formula is C25H24N7O3+. The van der Waals surface area contributed by atoms with Gasteiger partial charge in [0, 0.05) is 59.4 Å². The predicted molar refractivity (Wildman–Crippen MR) is 128 cm³/mol. The molecule has 1 N–H and O–H groups in total. The molecule has 1 saturated heterocycles. The summed E-state index contributed by atoms with van der Waals surface area (Å²) >= 11 is 0. The Labute approximate surface area is 201 Å². The summed E-state index contributed by atoms with van der Waals surface area (Å²) in [6.07, 6.45) is 5.06. The van der Waals surface area contributed by atoms with Crippen LogP contribution in [0.4, 0.5) is 5.82 Å². The van der Waals surface area contributed by atoms with Crippen LogP contribution in [0.5, 0.6) is 5.75 Å². The monoisotopic (exact) mass is 470 g/mol. The van der Waals surface area contributed by atoms with E-state index in [0.717, 1.165) is 51.9 Å². The van der Waals surface area contributed by atoms with Crippen molar-refractivity contribution >= 4 is 11.5 Å². The minimum atomic E-state index is 0.657. The van der Waals surface area contributed by atoms with Gasteiger partial charge >= 0.3 is 0 Å². The molecule has 4 aromatic heterocycles. The van der Waals surface area contributed by atoms with E-state index < -0.39 is 0 Å². The first kappa shape index (κ1) is 21.1. The number of aromatic nitrogens is 6. The Balaban J connectivity index is 1.45. The number of hydrogen-bond acceptors (Lipinski definition) is 7. The normalized spacial score (nSPS) is 13.9. The molecule has 0 aliphatic carbocycles. The molecule has 0 bridgehead atoms. The van der Waals surface area contributed by atoms with Crippen LogP contribution in [-0.2, 0) is 4.74 Å². The van der Waals surface area contributed by atoms with Gasteiger partial charge in [-0.1, -0.05) is 12.1 Å². The zero-order valence-corrected chi connectivity index (χ0v) is 19.2. The quantitative estimate of drug-likeness (QED) is 0.312. The molecule has 35 heavy (non-hydrogen) atoms. The fourth-order valence-electron chi connectivity index (χ4n) is 4.20. The first-order chi connectivity index (χ1) is 17.2. The zero-order valence-electron chi connectivity index (χ0n) is 19.2. The highest BCUT2D eigenvalue weighted by molar-refractivity contribution is 5.67. The molecule has 1 aromatic carbocycles. The van der Waals surface area contributed by atoms with Crippen molar-refractivity contribution in [3.8, 4) is 34.1 Å². The third-order valence-electron chi connectivity index (χ3n) is 6.03. The second-order valence-corrected chi connectivity index (χ2v) is 8.22. The van der Waals surface area contributed by atoms with E-state index in [0.29, 0.717) is 24.7 Å². The maximum absolute atomic E-state index is 9.58. The molecule has 6 rings (SSSR count). The molecule has 1 fully saturated rings. The van der Waals surface area contributed by atoms with Crippen LogP contribution in [0, 0.1) is 0 Å². The lowest BCUT2D eigenvalue weighted by atomic mass is 10.1. The van der Waals surface area contributed by atoms with Crippen LogP contribution < -0.4 is 14.4 Å². The van der Waals surface area contributed by atoms with Gasteiger partial charge in [0.25, 0.3) is 0 Å². The van der Waals surface area contributed by atoms with E-state index in [1.54, 1.807) is 24.2 Å². The molecule has 5 aromatic rings. The molecule has 5 heterocycles. The van der Waals surface area contributed by atoms with E-state index in [-0.39, 0.29) is 0 Å². The van der Waals surface area contributed by atoms with E-state index in [9.17, 15) is 5.21 Å². The van der Waals surface area contributed by atoms with Gasteiger partial charge < -0.3 is 14.4 Å². The Morgan fingerprint density at radius 3 is 2.57 bits per heavy atom. The SMILES string of the molecule is COc1cccc(-c2ccn(-c3cc(N4CCOCC4)n4nc(-c5cc[n+](O)cc5)cc4n3)n2)c1. The number of hydrogen-bond donors (Lipinski definition) is 1. The van der Waals surface area contributed by atoms with Gasteiger partial charge in [-0.3, -0.25) is 5.21 Å². The van der Waals surface area contributed by atoms with Crippen LogP contribution in [0.3, 0.4) is 0 Å². The lowest BCUT2D eigenvalue weighted by molar-refractivity contribution is -0.904. The third-order valence-corrected chi connectivity index (χ3v) is 6.03. The van der Waals surface area contributed by atoms with Gasteiger partial charge in [0.2, 0.25) is 12.4 Å². The Bertz CT molecular complexity index is 1490. The first-order valence-electron chi connectivity index (χ1n) is 11.3. The van der Waals surface area contributed by atoms with Gasteiger partial charge in [-0.2, -0.15) is 14.7 Å². The average Bonchev–Trinajstić information content (AvgIpc) is 3.57. The summed E-state index contributed by atoms with van der Waals surface area (Å²) in [6.45, 7) is 2.84. The molecule has 1 aliphatic rings. The van der Waals surface area contributed by atoms with Crippen LogP contribution in [0.2, 0.25) is 0 Å². The fourth-order valence-corrected chi connectivity index (χ4v) is 4.20. The second-order valence-electron chi connectivity index (χ2n) is 8.22. The first-order valence-corrected chi connectivity index (χ1v) is 11.3. The Morgan fingerprint density at radius 1 is 0.943 bits per heavy atom. The van der Waals surface area contributed by atoms with E-state index in [4.69, 9.17) is 24.7 Å². The molecular weight excluding hydrogens is 446 g/mol. The van der Waals surface area contributed by atoms with Gasteiger partial charge in [-0.15, -0.1) is 0 Å². The van der Waals surface area contributed by atoms with Crippen molar-refractivity contribution in [2.75, 3.05) is 38.3 Å². The van der Waals surface area contributed by atoms with Gasteiger partial charge in [-0.05, 0) is 18.2 Å². The third kappa shape index (κ3) is 4.04. The smallest absolute Gasteiger partial charge is 0.222 e. The number of methoxy groups -OCH3 is 1. The summed E-state index contributed by atoms with van der Waals surface area (Å²) in [5, 5.41) is 19.2. The van der Waals surface area contributed by atoms with E-state index in [1.165, 1.54) is 0 Å². The minimum absolute atomic E-state index is 0.657. The van der Waals surface area contributed by atoms with Crippen molar-refractivity contribution in [3.05, 3.63) is 73.2 Å². The maximum Gasteiger partial charge on any atom is 0.222 e. The molecule has 0 unspecified atom stereocenters. The summed E-state index contributed by atoms with van der Waals surface area (Å²) in [4.78, 5) is 7.12. The highest BCUT2D eigenvalue weighted by Crippen LogP contribution is 2.27. The summed E-state index contributed by atoms with van der Waals surface area (Å²) < 4.78 is 15.6. The maximum atomic E-state index is 9.58. The number of benzene rings is 1. The fraction of sp³-hybridized carbons (Fsp3) is 0.200. The van der Waals surface area contributed by atoms with Crippen molar-refractivity contribution in [1.82, 2.24) is 24.4 Å². The number of morpholine rings is 1. The molecule has 0 saturated carbocycles. The summed E-state index contributed by atoms with van der Waals surface area (Å²) in [6, 6.07) is 17.4. The lowest BCUT2D eigenvalue weighted by Crippen LogP contribution is -2.37. The Hall–Kier alpha value is -4.44. The lowest BCUT2D eigenvalue weighted by Gasteiger charge is -2.29. The standard InChI is InChI=1S/C25H24N7O3/c1-34-20-4-2-3-19(15-20)21-7-10-31(27-21)23-17-25(29-11-13-35-14-12-29)32-24(26-23)16-22(28-32)18-5-8-30(33)9-6-18/h2-10,15-17,33H,11-14H2,1H3/q+1. The van der Waals surface area contributed by atoms with Gasteiger partial charge in [-0.25, -0.2) is 9.67 Å². The Morgan fingerprint density at radius 2 is 1.77 bits per heavy atom. The molecule has 176 valence electrons. The number of nitrogens with zero attached hydrogens (tertiary/aromatic N) is 7. The number of rotatable bonds is 5. The number of fused-ring (bicyclic) bond motifs is 1. The summed E-state index contributed by atoms with van der Waals surface area (Å²) in [7, 11) is 1.65. The summed E-state index contributed by atoms with van der Waals surface area (Å²) in [5.41, 5.74) is 4.15. The van der Waals surface area contributed by atoms with Crippen LogP contribution in [0.15, 0.2) is 73.2 Å². The Kier molecular flexibility index (Phi) is 5.27. The minimum Gasteiger partial charge on any atom is -0.497 e. The molecule has 1 aliphatic heterocycles. The molecule has 0 spiro atoms. The van der Waals surface area contributed by atoms with Crippen LogP contribution >= 0.6 is 0 Å². The average molecular weight is 471 g/mol. The highest BCUT2D eigenvalue weighted by Gasteiger charge is 2.19. The van der Waals surface area contributed by atoms with Crippen LogP contribution in [-0.4, -0.2) is 63.0 Å². The van der Waals surface area contributed by atoms with Gasteiger partial charge in [0.1, 0.15) is 11.6 Å². The van der Waals surface area contributed by atoms with Crippen LogP contribution in [0.25, 0.3) is 34.0 Å². The van der Waals surface area contributed by atoms with E-state index >= 15 is 0 Å². The predicted octanol–water partition coefficient (Wildman–Crippen LogP) is 2.62. The number of ether oxygens (including phenoxy) is 2. The van der Waals surface area contributed by atoms with Crippen molar-refractivity contribution in [2.45, 2.75) is 0 Å². The van der Waals surface area contributed by atoms with Crippen molar-refractivity contribution in [2.24, 2.45) is 0 Å². The number of pyridine rings is 1. The van der Waals surface area contributed by atoms with Crippen molar-refractivity contribution in [1.29, 1.82) is 0 Å². The molecule has 0 amide bonds. The van der Waals surface area contributed by atoms with Gasteiger partial charge in [0.05, 0.1) is 31.7 Å². The molecule has 0 atom stereocenters. The zero-order chi connectivity index (χ0) is 23.8. The van der Waals surface area contributed by atoms with Crippen molar-refractivity contribution in [3.63, 3.8) is 0 Å².